The highest BCUT2D eigenvalue weighted by atomic mass is 35.5. The summed E-state index contributed by atoms with van der Waals surface area (Å²) in [6.07, 6.45) is 0. The van der Waals surface area contributed by atoms with Gasteiger partial charge in [0.2, 0.25) is 0 Å². The molecule has 1 aromatic carbocycles. The third-order valence-corrected chi connectivity index (χ3v) is 4.28. The predicted octanol–water partition coefficient (Wildman–Crippen LogP) is 1.02. The lowest BCUT2D eigenvalue weighted by atomic mass is 10.2. The van der Waals surface area contributed by atoms with Gasteiger partial charge in [-0.2, -0.15) is 13.2 Å². The van der Waals surface area contributed by atoms with Gasteiger partial charge in [0.05, 0.1) is 16.9 Å². The fraction of sp³-hybridized carbons (Fsp3) is 0.364. The Morgan fingerprint density at radius 3 is 2.71 bits per heavy atom. The Balaban J connectivity index is 3.12. The molecular weight excluding hydrogens is 322 g/mol. The number of rotatable bonds is 7. The maximum Gasteiger partial charge on any atom is 0.280 e. The van der Waals surface area contributed by atoms with Gasteiger partial charge in [-0.15, -0.1) is 4.91 Å². The first kappa shape index (κ1) is 17.3. The summed E-state index contributed by atoms with van der Waals surface area (Å²) >= 11 is 5.78. The zero-order chi connectivity index (χ0) is 16.0. The van der Waals surface area contributed by atoms with Crippen molar-refractivity contribution in [3.63, 3.8) is 0 Å². The van der Waals surface area contributed by atoms with E-state index in [1.807, 2.05) is 0 Å². The summed E-state index contributed by atoms with van der Waals surface area (Å²) in [5, 5.41) is 1.99. The molecule has 1 aromatic rings. The van der Waals surface area contributed by atoms with E-state index in [9.17, 15) is 18.1 Å². The molecule has 1 amide bonds. The van der Waals surface area contributed by atoms with Crippen LogP contribution in [0.4, 0.5) is 0 Å². The van der Waals surface area contributed by atoms with Gasteiger partial charge in [0.15, 0.2) is 0 Å². The van der Waals surface area contributed by atoms with Crippen LogP contribution in [-0.2, 0) is 14.8 Å². The molecule has 0 bridgehead atoms. The summed E-state index contributed by atoms with van der Waals surface area (Å²) in [6, 6.07) is 3.74. The summed E-state index contributed by atoms with van der Waals surface area (Å²) < 4.78 is 28.3. The summed E-state index contributed by atoms with van der Waals surface area (Å²) in [4.78, 5) is 24.6. The molecule has 0 aliphatic carbocycles. The van der Waals surface area contributed by atoms with Gasteiger partial charge in [0.1, 0.15) is 4.90 Å². The van der Waals surface area contributed by atoms with E-state index in [0.717, 1.165) is 6.07 Å². The molecule has 8 nitrogen and oxygen atoms in total. The van der Waals surface area contributed by atoms with E-state index in [2.05, 4.69) is 5.29 Å². The normalized spacial score (nSPS) is 11.0. The minimum absolute atomic E-state index is 0.115. The van der Waals surface area contributed by atoms with Gasteiger partial charge in [-0.3, -0.25) is 4.79 Å². The average molecular weight is 336 g/mol. The molecule has 1 rings (SSSR count). The Bertz CT molecular complexity index is 635. The lowest BCUT2D eigenvalue weighted by Crippen LogP contribution is -2.30. The fourth-order valence-corrected chi connectivity index (χ4v) is 2.72. The van der Waals surface area contributed by atoms with Crippen molar-refractivity contribution in [2.45, 2.75) is 4.90 Å². The molecule has 0 aliphatic heterocycles. The summed E-state index contributed by atoms with van der Waals surface area (Å²) in [6.45, 7) is 0.686. The van der Waals surface area contributed by atoms with E-state index >= 15 is 0 Å². The van der Waals surface area contributed by atoms with E-state index in [-0.39, 0.29) is 10.6 Å². The lowest BCUT2D eigenvalue weighted by molar-refractivity contribution is 0.0744. The van der Waals surface area contributed by atoms with Crippen LogP contribution in [0, 0.1) is 4.91 Å². The molecule has 1 N–H and O–H groups in total. The van der Waals surface area contributed by atoms with E-state index < -0.39 is 20.8 Å². The summed E-state index contributed by atoms with van der Waals surface area (Å²) in [5.74, 6) is -0.403. The number of carbonyl (C=O) groups excluding carboxylic acids is 1. The van der Waals surface area contributed by atoms with Crippen molar-refractivity contribution in [1.29, 1.82) is 0 Å². The van der Waals surface area contributed by atoms with Gasteiger partial charge in [-0.25, -0.2) is 0 Å². The number of hydrogen-bond donors (Lipinski definition) is 1. The molecular formula is C11H14ClN3O5S. The molecule has 0 atom stereocenters. The number of nitrogens with one attached hydrogen (secondary N) is 1. The molecule has 0 aromatic heterocycles. The molecule has 0 spiro atoms. The number of ether oxygens (including phenoxy) is 1. The van der Waals surface area contributed by atoms with Gasteiger partial charge in [-0.05, 0) is 18.2 Å². The molecule has 0 saturated carbocycles. The number of nitroso groups, excluding NO2 is 1. The van der Waals surface area contributed by atoms with Crippen LogP contribution in [0.2, 0.25) is 5.02 Å². The minimum atomic E-state index is -4.20. The molecule has 0 radical (unpaired) electrons. The number of hydrogen-bond acceptors (Lipinski definition) is 6. The van der Waals surface area contributed by atoms with Crippen molar-refractivity contribution in [1.82, 2.24) is 9.73 Å². The van der Waals surface area contributed by atoms with Crippen molar-refractivity contribution in [3.8, 4) is 0 Å². The SMILES string of the molecule is COCCN(C)C(=O)c1ccc(Cl)c(S(=O)(=O)NN=O)c1. The van der Waals surface area contributed by atoms with Crippen molar-refractivity contribution >= 4 is 27.5 Å². The Kier molecular flexibility index (Phi) is 6.06. The summed E-state index contributed by atoms with van der Waals surface area (Å²) in [7, 11) is -1.14. The topological polar surface area (TPSA) is 105 Å². The second-order valence-corrected chi connectivity index (χ2v) is 6.09. The maximum absolute atomic E-state index is 12.1. The highest BCUT2D eigenvalue weighted by Gasteiger charge is 2.21. The monoisotopic (exact) mass is 335 g/mol. The quantitative estimate of drug-likeness (QED) is 0.591. The fourth-order valence-electron chi connectivity index (χ4n) is 1.49. The minimum Gasteiger partial charge on any atom is -0.383 e. The first-order valence-electron chi connectivity index (χ1n) is 5.71. The van der Waals surface area contributed by atoms with Gasteiger partial charge in [-0.1, -0.05) is 11.6 Å². The van der Waals surface area contributed by atoms with Crippen LogP contribution in [0.5, 0.6) is 0 Å². The van der Waals surface area contributed by atoms with Crippen molar-refractivity contribution in [2.24, 2.45) is 5.29 Å². The van der Waals surface area contributed by atoms with Crippen LogP contribution in [0.15, 0.2) is 28.4 Å². The van der Waals surface area contributed by atoms with Crippen LogP contribution in [0.25, 0.3) is 0 Å². The van der Waals surface area contributed by atoms with Gasteiger partial charge < -0.3 is 9.64 Å². The predicted molar refractivity (Wildman–Crippen MR) is 76.4 cm³/mol. The van der Waals surface area contributed by atoms with Crippen molar-refractivity contribution < 1.29 is 17.9 Å². The first-order chi connectivity index (χ1) is 9.83. The van der Waals surface area contributed by atoms with Crippen LogP contribution in [0.1, 0.15) is 10.4 Å². The molecule has 0 fully saturated rings. The van der Waals surface area contributed by atoms with Crippen molar-refractivity contribution in [2.75, 3.05) is 27.3 Å². The van der Waals surface area contributed by atoms with Crippen LogP contribution in [0.3, 0.4) is 0 Å². The second-order valence-electron chi connectivity index (χ2n) is 4.05. The Hall–Kier alpha value is -1.71. The second kappa shape index (κ2) is 7.34. The highest BCUT2D eigenvalue weighted by molar-refractivity contribution is 7.89. The van der Waals surface area contributed by atoms with Crippen molar-refractivity contribution in [3.05, 3.63) is 33.7 Å². The largest absolute Gasteiger partial charge is 0.383 e. The Morgan fingerprint density at radius 2 is 2.14 bits per heavy atom. The Morgan fingerprint density at radius 1 is 1.48 bits per heavy atom. The van der Waals surface area contributed by atoms with Crippen LogP contribution >= 0.6 is 11.6 Å². The van der Waals surface area contributed by atoms with Crippen LogP contribution in [-0.4, -0.2) is 46.5 Å². The Labute approximate surface area is 127 Å². The van der Waals surface area contributed by atoms with Gasteiger partial charge in [0.25, 0.3) is 15.9 Å². The number of amides is 1. The van der Waals surface area contributed by atoms with E-state index in [0.29, 0.717) is 13.2 Å². The van der Waals surface area contributed by atoms with Gasteiger partial charge >= 0.3 is 0 Å². The third kappa shape index (κ3) is 4.38. The third-order valence-electron chi connectivity index (χ3n) is 2.60. The number of nitrogens with zero attached hydrogens (tertiary/aromatic N) is 2. The molecule has 0 saturated heterocycles. The standard InChI is InChI=1S/C11H14ClN3O5S/c1-15(5-6-20-2)11(16)8-3-4-9(12)10(7-8)21(18,19)14-13-17/h3-4,7H,5-6H2,1-2H3,(H,14,17). The summed E-state index contributed by atoms with van der Waals surface area (Å²) in [5.41, 5.74) is 0.115. The molecule has 0 aliphatic rings. The number of carbonyl (C=O) groups is 1. The molecule has 0 heterocycles. The lowest BCUT2D eigenvalue weighted by Gasteiger charge is -2.17. The number of methoxy groups -OCH3 is 1. The maximum atomic E-state index is 12.1. The zero-order valence-electron chi connectivity index (χ0n) is 11.4. The molecule has 21 heavy (non-hydrogen) atoms. The van der Waals surface area contributed by atoms with E-state index in [1.165, 1.54) is 29.0 Å². The van der Waals surface area contributed by atoms with Gasteiger partial charge in [0, 0.05) is 26.3 Å². The van der Waals surface area contributed by atoms with Crippen LogP contribution < -0.4 is 4.83 Å². The highest BCUT2D eigenvalue weighted by Crippen LogP contribution is 2.23. The number of benzene rings is 1. The molecule has 116 valence electrons. The zero-order valence-corrected chi connectivity index (χ0v) is 12.9. The number of sulfonamides is 1. The van der Waals surface area contributed by atoms with E-state index in [1.54, 1.807) is 7.05 Å². The average Bonchev–Trinajstić information content (AvgIpc) is 2.44. The first-order valence-corrected chi connectivity index (χ1v) is 7.57. The smallest absolute Gasteiger partial charge is 0.280 e. The number of likely N-dealkylation sites (N-methyl/N-ethyl adjacent to an activating group) is 1. The molecule has 10 heteroatoms. The number of halogens is 1. The molecule has 0 unspecified atom stereocenters. The van der Waals surface area contributed by atoms with E-state index in [4.69, 9.17) is 16.3 Å².